The van der Waals surface area contributed by atoms with E-state index >= 15 is 0 Å². The number of carbonyl (C=O) groups excluding carboxylic acids is 1. The predicted octanol–water partition coefficient (Wildman–Crippen LogP) is -1.02. The number of carbonyl (C=O) groups is 1. The zero-order chi connectivity index (χ0) is 20.4. The zero-order valence-electron chi connectivity index (χ0n) is 15.3. The molecule has 4 atom stereocenters. The van der Waals surface area contributed by atoms with Crippen LogP contribution in [0, 0.1) is 18.3 Å². The second-order valence-electron chi connectivity index (χ2n) is 6.60. The molecule has 0 spiro atoms. The van der Waals surface area contributed by atoms with Gasteiger partial charge in [-0.15, -0.1) is 6.42 Å². The minimum Gasteiger partial charge on any atom is -0.394 e. The molecule has 1 saturated heterocycles. The molecular formula is C17H21N5O6. The molecular weight excluding hydrogens is 370 g/mol. The van der Waals surface area contributed by atoms with E-state index < -0.39 is 36.7 Å². The first-order valence-electron chi connectivity index (χ1n) is 8.64. The number of nitrogens with one attached hydrogen (secondary N) is 2. The van der Waals surface area contributed by atoms with Crippen LogP contribution < -0.4 is 10.9 Å². The van der Waals surface area contributed by atoms with Gasteiger partial charge < -0.3 is 19.7 Å². The van der Waals surface area contributed by atoms with Gasteiger partial charge in [0.15, 0.2) is 17.4 Å². The molecule has 0 aliphatic carbocycles. The van der Waals surface area contributed by atoms with Crippen LogP contribution in [0.25, 0.3) is 11.2 Å². The number of fused-ring (bicyclic) bond motifs is 1. The molecule has 3 rings (SSSR count). The van der Waals surface area contributed by atoms with E-state index in [4.69, 9.17) is 15.9 Å². The van der Waals surface area contributed by atoms with Crippen molar-refractivity contribution in [1.82, 2.24) is 19.5 Å². The van der Waals surface area contributed by atoms with Gasteiger partial charge in [0.25, 0.3) is 5.56 Å². The van der Waals surface area contributed by atoms with E-state index in [1.807, 2.05) is 0 Å². The molecule has 1 aliphatic heterocycles. The maximum absolute atomic E-state index is 12.3. The van der Waals surface area contributed by atoms with E-state index in [9.17, 15) is 19.8 Å². The van der Waals surface area contributed by atoms with Crippen molar-refractivity contribution in [2.45, 2.75) is 38.4 Å². The number of rotatable bonds is 6. The first-order chi connectivity index (χ1) is 13.4. The number of hydrogen-bond donors (Lipinski definition) is 4. The Morgan fingerprint density at radius 3 is 2.96 bits per heavy atom. The third-order valence-corrected chi connectivity index (χ3v) is 4.32. The van der Waals surface area contributed by atoms with E-state index in [1.165, 1.54) is 10.9 Å². The van der Waals surface area contributed by atoms with Gasteiger partial charge in [-0.05, 0) is 0 Å². The Hall–Kier alpha value is -2.78. The van der Waals surface area contributed by atoms with Crippen molar-refractivity contribution in [3.63, 3.8) is 0 Å². The molecule has 1 fully saturated rings. The highest BCUT2D eigenvalue weighted by Gasteiger charge is 2.45. The van der Waals surface area contributed by atoms with Gasteiger partial charge in [-0.2, -0.15) is 4.98 Å². The number of H-pyrrole nitrogens is 1. The predicted molar refractivity (Wildman–Crippen MR) is 97.2 cm³/mol. The molecule has 0 aromatic carbocycles. The average Bonchev–Trinajstić information content (AvgIpc) is 3.21. The molecule has 2 aromatic heterocycles. The smallest absolute Gasteiger partial charge is 0.280 e. The lowest BCUT2D eigenvalue weighted by molar-refractivity contribution is -0.118. The van der Waals surface area contributed by atoms with E-state index in [0.29, 0.717) is 0 Å². The van der Waals surface area contributed by atoms with Gasteiger partial charge in [-0.25, -0.2) is 4.98 Å². The van der Waals surface area contributed by atoms with Crippen LogP contribution in [0.15, 0.2) is 11.1 Å². The molecule has 0 bridgehead atoms. The summed E-state index contributed by atoms with van der Waals surface area (Å²) in [5, 5.41) is 22.3. The Labute approximate surface area is 159 Å². The number of ether oxygens (including phenoxy) is 2. The van der Waals surface area contributed by atoms with E-state index in [1.54, 1.807) is 13.8 Å². The Bertz CT molecular complexity index is 961. The Balaban J connectivity index is 2.02. The molecule has 1 aliphatic rings. The van der Waals surface area contributed by atoms with Crippen molar-refractivity contribution in [2.24, 2.45) is 5.92 Å². The summed E-state index contributed by atoms with van der Waals surface area (Å²) >= 11 is 0. The fourth-order valence-corrected chi connectivity index (χ4v) is 2.85. The quantitative estimate of drug-likeness (QED) is 0.457. The van der Waals surface area contributed by atoms with E-state index in [0.717, 1.165) is 0 Å². The normalized spacial score (nSPS) is 24.6. The number of anilines is 1. The molecule has 11 heteroatoms. The second-order valence-corrected chi connectivity index (χ2v) is 6.60. The van der Waals surface area contributed by atoms with Crippen molar-refractivity contribution in [3.05, 3.63) is 16.7 Å². The summed E-state index contributed by atoms with van der Waals surface area (Å²) in [5.41, 5.74) is -0.419. The van der Waals surface area contributed by atoms with E-state index in [2.05, 4.69) is 26.2 Å². The van der Waals surface area contributed by atoms with Crippen LogP contribution in [0.5, 0.6) is 0 Å². The summed E-state index contributed by atoms with van der Waals surface area (Å²) in [6, 6.07) is 0. The maximum Gasteiger partial charge on any atom is 0.280 e. The maximum atomic E-state index is 12.3. The van der Waals surface area contributed by atoms with Gasteiger partial charge in [0.1, 0.15) is 24.9 Å². The Kier molecular flexibility index (Phi) is 5.76. The van der Waals surface area contributed by atoms with Crippen molar-refractivity contribution < 1.29 is 24.5 Å². The molecule has 11 nitrogen and oxygen atoms in total. The molecule has 0 radical (unpaired) electrons. The minimum atomic E-state index is -1.15. The van der Waals surface area contributed by atoms with Crippen LogP contribution in [-0.4, -0.2) is 67.2 Å². The second kappa shape index (κ2) is 8.07. The van der Waals surface area contributed by atoms with Gasteiger partial charge in [-0.3, -0.25) is 24.5 Å². The van der Waals surface area contributed by atoms with Crippen LogP contribution >= 0.6 is 0 Å². The largest absolute Gasteiger partial charge is 0.394 e. The van der Waals surface area contributed by atoms with Gasteiger partial charge >= 0.3 is 0 Å². The van der Waals surface area contributed by atoms with Crippen molar-refractivity contribution in [2.75, 3.05) is 18.5 Å². The van der Waals surface area contributed by atoms with Crippen molar-refractivity contribution >= 4 is 23.0 Å². The lowest BCUT2D eigenvalue weighted by Crippen LogP contribution is -2.35. The number of amides is 1. The summed E-state index contributed by atoms with van der Waals surface area (Å²) in [4.78, 5) is 35.0. The Morgan fingerprint density at radius 2 is 2.32 bits per heavy atom. The highest BCUT2D eigenvalue weighted by Crippen LogP contribution is 2.33. The van der Waals surface area contributed by atoms with E-state index in [-0.39, 0.29) is 35.5 Å². The average molecular weight is 391 g/mol. The van der Waals surface area contributed by atoms with Crippen molar-refractivity contribution in [3.8, 4) is 12.3 Å². The fraction of sp³-hybridized carbons (Fsp3) is 0.529. The van der Waals surface area contributed by atoms with Crippen LogP contribution in [0.1, 0.15) is 20.1 Å². The molecule has 1 amide bonds. The standard InChI is InChI=1S/C17H21N5O6/c1-4-5-27-12-11(24)9(6-23)28-16(12)22-7-18-10-13(22)19-17(21-15(10)26)20-14(25)8(2)3/h1,7-9,11-12,16,23-24H,5-6H2,2-3H3,(H2,19,20,21,25,26)/t9-,11-,12-,16-/m1/s1. The zero-order valence-corrected chi connectivity index (χ0v) is 15.3. The molecule has 3 heterocycles. The van der Waals surface area contributed by atoms with Crippen LogP contribution in [0.4, 0.5) is 5.95 Å². The van der Waals surface area contributed by atoms with Gasteiger partial charge in [0.05, 0.1) is 12.9 Å². The third kappa shape index (κ3) is 3.63. The third-order valence-electron chi connectivity index (χ3n) is 4.32. The number of hydrogen-bond acceptors (Lipinski definition) is 8. The summed E-state index contributed by atoms with van der Waals surface area (Å²) in [6.45, 7) is 2.87. The molecule has 28 heavy (non-hydrogen) atoms. The number of aliphatic hydroxyl groups is 2. The van der Waals surface area contributed by atoms with Crippen LogP contribution in [-0.2, 0) is 14.3 Å². The number of aliphatic hydroxyl groups excluding tert-OH is 2. The van der Waals surface area contributed by atoms with Crippen LogP contribution in [0.3, 0.4) is 0 Å². The highest BCUT2D eigenvalue weighted by atomic mass is 16.6. The first kappa shape index (κ1) is 20.0. The molecule has 2 aromatic rings. The van der Waals surface area contributed by atoms with Gasteiger partial charge in [0.2, 0.25) is 11.9 Å². The Morgan fingerprint density at radius 1 is 1.57 bits per heavy atom. The summed E-state index contributed by atoms with van der Waals surface area (Å²) in [7, 11) is 0. The number of nitrogens with zero attached hydrogens (tertiary/aromatic N) is 3. The lowest BCUT2D eigenvalue weighted by atomic mass is 10.1. The minimum absolute atomic E-state index is 0.0174. The monoisotopic (exact) mass is 391 g/mol. The summed E-state index contributed by atoms with van der Waals surface area (Å²) in [5.74, 6) is 1.63. The topological polar surface area (TPSA) is 152 Å². The van der Waals surface area contributed by atoms with Gasteiger partial charge in [0, 0.05) is 5.92 Å². The fourth-order valence-electron chi connectivity index (χ4n) is 2.85. The van der Waals surface area contributed by atoms with Crippen LogP contribution in [0.2, 0.25) is 0 Å². The summed E-state index contributed by atoms with van der Waals surface area (Å²) in [6.07, 6.45) is 2.62. The number of aromatic amines is 1. The first-order valence-corrected chi connectivity index (χ1v) is 8.64. The number of aromatic nitrogens is 4. The summed E-state index contributed by atoms with van der Waals surface area (Å²) < 4.78 is 12.6. The highest BCUT2D eigenvalue weighted by molar-refractivity contribution is 5.91. The molecule has 150 valence electrons. The molecule has 0 saturated carbocycles. The number of terminal acetylenes is 1. The lowest BCUT2D eigenvalue weighted by Gasteiger charge is -2.21. The van der Waals surface area contributed by atoms with Crippen molar-refractivity contribution in [1.29, 1.82) is 0 Å². The SMILES string of the molecule is C#CCO[C@@H]1[C@H](O)[C@@H](CO)O[C@H]1n1cnc2c(=O)[nH]c(NC(=O)C(C)C)nc21. The number of imidazole rings is 1. The molecule has 4 N–H and O–H groups in total. The molecule has 0 unspecified atom stereocenters. The van der Waals surface area contributed by atoms with Gasteiger partial charge in [-0.1, -0.05) is 19.8 Å².